The van der Waals surface area contributed by atoms with Gasteiger partial charge < -0.3 is 5.73 Å². The van der Waals surface area contributed by atoms with E-state index in [0.717, 1.165) is 11.5 Å². The highest BCUT2D eigenvalue weighted by Crippen LogP contribution is 2.23. The van der Waals surface area contributed by atoms with Crippen molar-refractivity contribution in [3.8, 4) is 0 Å². The van der Waals surface area contributed by atoms with Gasteiger partial charge in [-0.1, -0.05) is 66.7 Å². The van der Waals surface area contributed by atoms with E-state index in [9.17, 15) is 0 Å². The summed E-state index contributed by atoms with van der Waals surface area (Å²) in [7, 11) is 0. The molecule has 1 atom stereocenters. The molecule has 0 amide bonds. The highest BCUT2D eigenvalue weighted by molar-refractivity contribution is 7.98. The van der Waals surface area contributed by atoms with Crippen LogP contribution in [-0.4, -0.2) is 5.75 Å². The lowest BCUT2D eigenvalue weighted by molar-refractivity contribution is 0.833. The van der Waals surface area contributed by atoms with Crippen molar-refractivity contribution in [1.29, 1.82) is 0 Å². The Morgan fingerprint density at radius 1 is 0.810 bits per heavy atom. The van der Waals surface area contributed by atoms with Crippen LogP contribution in [0.5, 0.6) is 0 Å². The lowest BCUT2D eigenvalue weighted by Crippen LogP contribution is -2.13. The van der Waals surface area contributed by atoms with E-state index in [1.165, 1.54) is 21.9 Å². The summed E-state index contributed by atoms with van der Waals surface area (Å²) in [6.45, 7) is 0. The average molecular weight is 293 g/mol. The number of rotatable bonds is 5. The Hall–Kier alpha value is -1.77. The summed E-state index contributed by atoms with van der Waals surface area (Å²) < 4.78 is 0. The molecule has 106 valence electrons. The van der Waals surface area contributed by atoms with Gasteiger partial charge in [-0.15, -0.1) is 0 Å². The van der Waals surface area contributed by atoms with E-state index in [1.807, 2.05) is 11.8 Å². The molecule has 0 saturated heterocycles. The van der Waals surface area contributed by atoms with Gasteiger partial charge in [0.25, 0.3) is 0 Å². The molecule has 0 saturated carbocycles. The molecule has 1 unspecified atom stereocenters. The third kappa shape index (κ3) is 3.66. The summed E-state index contributed by atoms with van der Waals surface area (Å²) in [6, 6.07) is 25.6. The first-order chi connectivity index (χ1) is 10.3. The summed E-state index contributed by atoms with van der Waals surface area (Å²) >= 11 is 1.89. The molecule has 2 N–H and O–H groups in total. The number of thioether (sulfide) groups is 1. The molecule has 0 fully saturated rings. The van der Waals surface area contributed by atoms with Crippen LogP contribution in [0.15, 0.2) is 72.8 Å². The van der Waals surface area contributed by atoms with Crippen LogP contribution >= 0.6 is 11.8 Å². The molecule has 0 aliphatic heterocycles. The maximum absolute atomic E-state index is 6.33. The molecule has 3 aromatic rings. The zero-order chi connectivity index (χ0) is 14.5. The van der Waals surface area contributed by atoms with E-state index >= 15 is 0 Å². The molecule has 0 bridgehead atoms. The zero-order valence-electron chi connectivity index (χ0n) is 11.9. The molecule has 21 heavy (non-hydrogen) atoms. The quantitative estimate of drug-likeness (QED) is 0.733. The normalized spacial score (nSPS) is 12.4. The fourth-order valence-corrected chi connectivity index (χ4v) is 3.41. The summed E-state index contributed by atoms with van der Waals surface area (Å²) in [5.74, 6) is 1.95. The van der Waals surface area contributed by atoms with Gasteiger partial charge in [-0.2, -0.15) is 11.8 Å². The van der Waals surface area contributed by atoms with E-state index in [4.69, 9.17) is 5.73 Å². The molecule has 0 radical (unpaired) electrons. The minimum absolute atomic E-state index is 0.0864. The van der Waals surface area contributed by atoms with Crippen molar-refractivity contribution in [2.24, 2.45) is 5.73 Å². The van der Waals surface area contributed by atoms with Gasteiger partial charge in [-0.05, 0) is 28.0 Å². The minimum Gasteiger partial charge on any atom is -0.323 e. The van der Waals surface area contributed by atoms with Crippen LogP contribution in [0.2, 0.25) is 0 Å². The predicted octanol–water partition coefficient (Wildman–Crippen LogP) is 4.77. The van der Waals surface area contributed by atoms with Crippen molar-refractivity contribution in [3.05, 3.63) is 83.9 Å². The first-order valence-corrected chi connectivity index (χ1v) is 8.34. The second-order valence-electron chi connectivity index (χ2n) is 5.21. The molecule has 3 rings (SSSR count). The van der Waals surface area contributed by atoms with E-state index < -0.39 is 0 Å². The van der Waals surface area contributed by atoms with Crippen molar-refractivity contribution in [2.75, 3.05) is 5.75 Å². The second kappa shape index (κ2) is 6.79. The fraction of sp³-hybridized carbons (Fsp3) is 0.158. The number of hydrogen-bond donors (Lipinski definition) is 1. The van der Waals surface area contributed by atoms with Crippen LogP contribution in [-0.2, 0) is 5.75 Å². The Kier molecular flexibility index (Phi) is 4.59. The van der Waals surface area contributed by atoms with Crippen molar-refractivity contribution < 1.29 is 0 Å². The monoisotopic (exact) mass is 293 g/mol. The van der Waals surface area contributed by atoms with Crippen molar-refractivity contribution >= 4 is 22.5 Å². The lowest BCUT2D eigenvalue weighted by atomic mass is 10.0. The maximum Gasteiger partial charge on any atom is 0.0387 e. The first kappa shape index (κ1) is 14.2. The Morgan fingerprint density at radius 2 is 1.52 bits per heavy atom. The van der Waals surface area contributed by atoms with Gasteiger partial charge in [0, 0.05) is 17.5 Å². The molecule has 3 aromatic carbocycles. The van der Waals surface area contributed by atoms with Crippen LogP contribution in [0, 0.1) is 0 Å². The molecule has 0 spiro atoms. The van der Waals surface area contributed by atoms with Crippen LogP contribution in [0.4, 0.5) is 0 Å². The number of hydrogen-bond acceptors (Lipinski definition) is 2. The van der Waals surface area contributed by atoms with Crippen LogP contribution in [0.3, 0.4) is 0 Å². The molecule has 0 heterocycles. The molecule has 0 aromatic heterocycles. The van der Waals surface area contributed by atoms with Gasteiger partial charge in [0.1, 0.15) is 0 Å². The summed E-state index contributed by atoms with van der Waals surface area (Å²) in [5, 5.41) is 2.53. The molecule has 1 nitrogen and oxygen atoms in total. The highest BCUT2D eigenvalue weighted by Gasteiger charge is 2.07. The van der Waals surface area contributed by atoms with Gasteiger partial charge in [0.15, 0.2) is 0 Å². The standard InChI is InChI=1S/C19H19NS/c20-19(14-21-13-15-6-2-1-3-7-15)18-11-10-16-8-4-5-9-17(16)12-18/h1-12,19H,13-14,20H2. The molecular weight excluding hydrogens is 274 g/mol. The summed E-state index contributed by atoms with van der Waals surface area (Å²) in [6.07, 6.45) is 0. The Labute approximate surface area is 130 Å². The summed E-state index contributed by atoms with van der Waals surface area (Å²) in [4.78, 5) is 0. The molecular formula is C19H19NS. The third-order valence-electron chi connectivity index (χ3n) is 3.61. The van der Waals surface area contributed by atoms with Gasteiger partial charge >= 0.3 is 0 Å². The third-order valence-corrected chi connectivity index (χ3v) is 4.74. The number of nitrogens with two attached hydrogens (primary N) is 1. The van der Waals surface area contributed by atoms with Crippen molar-refractivity contribution in [1.82, 2.24) is 0 Å². The Morgan fingerprint density at radius 3 is 2.33 bits per heavy atom. The van der Waals surface area contributed by atoms with Gasteiger partial charge in [-0.3, -0.25) is 0 Å². The van der Waals surface area contributed by atoms with Crippen LogP contribution in [0.1, 0.15) is 17.2 Å². The van der Waals surface area contributed by atoms with Crippen molar-refractivity contribution in [2.45, 2.75) is 11.8 Å². The largest absolute Gasteiger partial charge is 0.323 e. The average Bonchev–Trinajstić information content (AvgIpc) is 2.55. The van der Waals surface area contributed by atoms with E-state index in [1.54, 1.807) is 0 Å². The van der Waals surface area contributed by atoms with Crippen LogP contribution < -0.4 is 5.73 Å². The topological polar surface area (TPSA) is 26.0 Å². The van der Waals surface area contributed by atoms with Gasteiger partial charge in [0.05, 0.1) is 0 Å². The Bertz CT molecular complexity index is 709. The van der Waals surface area contributed by atoms with E-state index in [0.29, 0.717) is 0 Å². The first-order valence-electron chi connectivity index (χ1n) is 7.19. The van der Waals surface area contributed by atoms with Gasteiger partial charge in [-0.25, -0.2) is 0 Å². The molecule has 2 heteroatoms. The summed E-state index contributed by atoms with van der Waals surface area (Å²) in [5.41, 5.74) is 8.90. The zero-order valence-corrected chi connectivity index (χ0v) is 12.7. The number of benzene rings is 3. The minimum atomic E-state index is 0.0864. The molecule has 0 aliphatic carbocycles. The van der Waals surface area contributed by atoms with E-state index in [-0.39, 0.29) is 6.04 Å². The molecule has 0 aliphatic rings. The lowest BCUT2D eigenvalue weighted by Gasteiger charge is -2.12. The maximum atomic E-state index is 6.33. The number of fused-ring (bicyclic) bond motifs is 1. The second-order valence-corrected chi connectivity index (χ2v) is 6.24. The smallest absolute Gasteiger partial charge is 0.0387 e. The Balaban J connectivity index is 1.62. The van der Waals surface area contributed by atoms with Gasteiger partial charge in [0.2, 0.25) is 0 Å². The van der Waals surface area contributed by atoms with Crippen LogP contribution in [0.25, 0.3) is 10.8 Å². The SMILES string of the molecule is NC(CSCc1ccccc1)c1ccc2ccccc2c1. The highest BCUT2D eigenvalue weighted by atomic mass is 32.2. The predicted molar refractivity (Wildman–Crippen MR) is 93.5 cm³/mol. The van der Waals surface area contributed by atoms with Crippen molar-refractivity contribution in [3.63, 3.8) is 0 Å². The fourth-order valence-electron chi connectivity index (χ4n) is 2.41. The van der Waals surface area contributed by atoms with E-state index in [2.05, 4.69) is 72.8 Å².